The highest BCUT2D eigenvalue weighted by atomic mass is 35.5. The van der Waals surface area contributed by atoms with E-state index in [0.29, 0.717) is 37.7 Å². The predicted molar refractivity (Wildman–Crippen MR) is 144 cm³/mol. The number of aryl methyl sites for hydroxylation is 1. The number of halogens is 1. The van der Waals surface area contributed by atoms with E-state index in [-0.39, 0.29) is 26.6 Å². The van der Waals surface area contributed by atoms with Crippen molar-refractivity contribution in [1.29, 1.82) is 0 Å². The summed E-state index contributed by atoms with van der Waals surface area (Å²) in [6, 6.07) is 5.74. The van der Waals surface area contributed by atoms with Crippen LogP contribution in [0.3, 0.4) is 0 Å². The fourth-order valence-corrected chi connectivity index (χ4v) is 7.62. The molecule has 2 aliphatic rings. The molecule has 0 radical (unpaired) electrons. The summed E-state index contributed by atoms with van der Waals surface area (Å²) in [5.41, 5.74) is 2.14. The Bertz CT molecular complexity index is 1430. The van der Waals surface area contributed by atoms with Crippen LogP contribution in [0.15, 0.2) is 22.4 Å². The van der Waals surface area contributed by atoms with E-state index in [1.165, 1.54) is 6.92 Å². The van der Waals surface area contributed by atoms with Crippen LogP contribution in [0.2, 0.25) is 5.28 Å². The number of rotatable bonds is 6. The Morgan fingerprint density at radius 1 is 1.16 bits per heavy atom. The second kappa shape index (κ2) is 10.7. The minimum Gasteiger partial charge on any atom is -0.378 e. The molecule has 3 aromatic rings. The van der Waals surface area contributed by atoms with Crippen LogP contribution in [-0.4, -0.2) is 74.7 Å². The number of fused-ring (bicyclic) bond motifs is 1. The zero-order valence-corrected chi connectivity index (χ0v) is 22.9. The third-order valence-electron chi connectivity index (χ3n) is 6.33. The normalized spacial score (nSPS) is 18.8. The van der Waals surface area contributed by atoms with Gasteiger partial charge in [-0.1, -0.05) is 11.3 Å². The van der Waals surface area contributed by atoms with Crippen molar-refractivity contribution in [2.75, 3.05) is 54.5 Å². The van der Waals surface area contributed by atoms with Gasteiger partial charge in [0.2, 0.25) is 11.2 Å². The van der Waals surface area contributed by atoms with Crippen molar-refractivity contribution in [3.8, 4) is 0 Å². The molecule has 0 spiro atoms. The van der Waals surface area contributed by atoms with Crippen LogP contribution in [0.4, 0.5) is 16.6 Å². The van der Waals surface area contributed by atoms with E-state index >= 15 is 0 Å². The van der Waals surface area contributed by atoms with Crippen molar-refractivity contribution in [3.63, 3.8) is 0 Å². The molecule has 0 saturated carbocycles. The summed E-state index contributed by atoms with van der Waals surface area (Å²) >= 11 is 7.27. The van der Waals surface area contributed by atoms with Gasteiger partial charge in [-0.25, -0.2) is 23.1 Å². The lowest BCUT2D eigenvalue weighted by molar-refractivity contribution is -0.114. The van der Waals surface area contributed by atoms with Gasteiger partial charge in [0, 0.05) is 50.2 Å². The number of morpholine rings is 1. The number of thiazole rings is 1. The Morgan fingerprint density at radius 2 is 1.95 bits per heavy atom. The fraction of sp³-hybridized carbons (Fsp3) is 0.478. The van der Waals surface area contributed by atoms with Crippen molar-refractivity contribution < 1.29 is 17.9 Å². The summed E-state index contributed by atoms with van der Waals surface area (Å²) in [7, 11) is -3.83. The third-order valence-corrected chi connectivity index (χ3v) is 9.71. The Kier molecular flexibility index (Phi) is 7.50. The van der Waals surface area contributed by atoms with Crippen LogP contribution in [0.1, 0.15) is 25.5 Å². The van der Waals surface area contributed by atoms with Crippen molar-refractivity contribution in [2.45, 2.75) is 36.9 Å². The maximum absolute atomic E-state index is 13.2. The molecule has 0 aliphatic carbocycles. The molecule has 1 aromatic carbocycles. The van der Waals surface area contributed by atoms with E-state index in [1.54, 1.807) is 6.92 Å². The predicted octanol–water partition coefficient (Wildman–Crippen LogP) is 2.79. The molecule has 1 atom stereocenters. The van der Waals surface area contributed by atoms with Crippen molar-refractivity contribution in [3.05, 3.63) is 29.2 Å². The second-order valence-corrected chi connectivity index (χ2v) is 12.3. The highest BCUT2D eigenvalue weighted by Crippen LogP contribution is 2.32. The Labute approximate surface area is 224 Å². The number of nitrogens with one attached hydrogen (secondary N) is 2. The van der Waals surface area contributed by atoms with Crippen LogP contribution in [0, 0.1) is 6.92 Å². The summed E-state index contributed by atoms with van der Waals surface area (Å²) in [5.74, 6) is 0.385. The summed E-state index contributed by atoms with van der Waals surface area (Å²) in [6.45, 7) is 7.13. The lowest BCUT2D eigenvalue weighted by Gasteiger charge is -2.34. The smallest absolute Gasteiger partial charge is 0.252 e. The van der Waals surface area contributed by atoms with Crippen LogP contribution in [0.5, 0.6) is 0 Å². The number of amides is 1. The van der Waals surface area contributed by atoms with Crippen LogP contribution in [-0.2, 0) is 19.6 Å². The third kappa shape index (κ3) is 5.80. The maximum Gasteiger partial charge on any atom is 0.252 e. The highest BCUT2D eigenvalue weighted by molar-refractivity contribution is 7.91. The number of anilines is 3. The molecule has 2 N–H and O–H groups in total. The molecule has 5 rings (SSSR count). The minimum atomic E-state index is -3.83. The monoisotopic (exact) mass is 565 g/mol. The number of carbonyl (C=O) groups excluding carboxylic acids is 1. The van der Waals surface area contributed by atoms with E-state index in [2.05, 4.69) is 40.9 Å². The standard InChI is InChI=1S/C23H28ClN7O4S2/c1-14-21(36-23(25-14)26-15(2)32)37(33,34)29-16-4-3-7-31(13-16)20-18-6-5-17(30-8-10-35-11-9-30)12-19(18)27-22(24)28-20/h5-6,12,16,29H,3-4,7-11,13H2,1-2H3,(H,25,26,32). The number of nitrogens with zero attached hydrogens (tertiary/aromatic N) is 5. The molecule has 2 saturated heterocycles. The average molecular weight is 566 g/mol. The van der Waals surface area contributed by atoms with E-state index in [1.807, 2.05) is 12.1 Å². The van der Waals surface area contributed by atoms with E-state index < -0.39 is 10.0 Å². The maximum atomic E-state index is 13.2. The van der Waals surface area contributed by atoms with E-state index in [9.17, 15) is 13.2 Å². The lowest BCUT2D eigenvalue weighted by Crippen LogP contribution is -2.48. The van der Waals surface area contributed by atoms with Crippen molar-refractivity contribution >= 4 is 66.4 Å². The number of sulfonamides is 1. The van der Waals surface area contributed by atoms with E-state index in [0.717, 1.165) is 54.0 Å². The second-order valence-electron chi connectivity index (χ2n) is 9.10. The van der Waals surface area contributed by atoms with Gasteiger partial charge in [-0.2, -0.15) is 4.98 Å². The number of ether oxygens (including phenoxy) is 1. The molecule has 0 bridgehead atoms. The summed E-state index contributed by atoms with van der Waals surface area (Å²) in [4.78, 5) is 28.8. The zero-order chi connectivity index (χ0) is 26.2. The van der Waals surface area contributed by atoms with Crippen LogP contribution in [0.25, 0.3) is 10.9 Å². The molecular formula is C23H28ClN7O4S2. The number of aromatic nitrogens is 3. The molecule has 2 aliphatic heterocycles. The van der Waals surface area contributed by atoms with Gasteiger partial charge in [-0.3, -0.25) is 4.79 Å². The van der Waals surface area contributed by atoms with Gasteiger partial charge < -0.3 is 19.9 Å². The molecule has 4 heterocycles. The van der Waals surface area contributed by atoms with Crippen molar-refractivity contribution in [1.82, 2.24) is 19.7 Å². The van der Waals surface area contributed by atoms with Gasteiger partial charge in [0.25, 0.3) is 10.0 Å². The van der Waals surface area contributed by atoms with Gasteiger partial charge in [0.05, 0.1) is 24.4 Å². The average Bonchev–Trinajstić information content (AvgIpc) is 3.23. The van der Waals surface area contributed by atoms with Gasteiger partial charge in [0.1, 0.15) is 5.82 Å². The number of carbonyl (C=O) groups is 1. The molecule has 11 nitrogen and oxygen atoms in total. The number of hydrogen-bond donors (Lipinski definition) is 2. The molecular weight excluding hydrogens is 538 g/mol. The highest BCUT2D eigenvalue weighted by Gasteiger charge is 2.30. The van der Waals surface area contributed by atoms with E-state index in [4.69, 9.17) is 16.3 Å². The van der Waals surface area contributed by atoms with Crippen molar-refractivity contribution in [2.24, 2.45) is 0 Å². The fourth-order valence-electron chi connectivity index (χ4n) is 4.71. The summed E-state index contributed by atoms with van der Waals surface area (Å²) < 4.78 is 34.8. The van der Waals surface area contributed by atoms with Crippen LogP contribution < -0.4 is 19.8 Å². The van der Waals surface area contributed by atoms with Gasteiger partial charge in [-0.05, 0) is 49.6 Å². The van der Waals surface area contributed by atoms with Gasteiger partial charge in [0.15, 0.2) is 9.34 Å². The SMILES string of the molecule is CC(=O)Nc1nc(C)c(S(=O)(=O)NC2CCCN(c3nc(Cl)nc4cc(N5CCOCC5)ccc34)C2)s1. The molecule has 1 amide bonds. The molecule has 37 heavy (non-hydrogen) atoms. The Morgan fingerprint density at radius 3 is 2.70 bits per heavy atom. The first kappa shape index (κ1) is 26.0. The van der Waals surface area contributed by atoms with Gasteiger partial charge in [-0.15, -0.1) is 0 Å². The Balaban J connectivity index is 1.37. The first-order chi connectivity index (χ1) is 17.7. The number of benzene rings is 1. The lowest BCUT2D eigenvalue weighted by atomic mass is 10.1. The van der Waals surface area contributed by atoms with Crippen LogP contribution >= 0.6 is 22.9 Å². The molecule has 14 heteroatoms. The summed E-state index contributed by atoms with van der Waals surface area (Å²) in [6.07, 6.45) is 1.46. The summed E-state index contributed by atoms with van der Waals surface area (Å²) in [5, 5.41) is 3.82. The zero-order valence-electron chi connectivity index (χ0n) is 20.5. The molecule has 198 valence electrons. The molecule has 1 unspecified atom stereocenters. The Hall–Kier alpha value is -2.58. The number of hydrogen-bond acceptors (Lipinski definition) is 10. The number of piperidine rings is 1. The van der Waals surface area contributed by atoms with Gasteiger partial charge >= 0.3 is 0 Å². The molecule has 2 aromatic heterocycles. The first-order valence-corrected chi connectivity index (χ1v) is 14.7. The topological polar surface area (TPSA) is 130 Å². The first-order valence-electron chi connectivity index (χ1n) is 12.0. The minimum absolute atomic E-state index is 0.0968. The molecule has 2 fully saturated rings. The quantitative estimate of drug-likeness (QED) is 0.433. The largest absolute Gasteiger partial charge is 0.378 e.